The van der Waals surface area contributed by atoms with Gasteiger partial charge >= 0.3 is 24.1 Å². The fourth-order valence-electron chi connectivity index (χ4n) is 5.77. The molecule has 0 unspecified atom stereocenters. The first kappa shape index (κ1) is 32.9. The molecule has 0 aliphatic carbocycles. The molecule has 2 aliphatic heterocycles. The van der Waals surface area contributed by atoms with Crippen LogP contribution in [0.5, 0.6) is 5.75 Å². The standard InChI is InChI=1S/C33H30F3N5O6S/c1-17-18(2)48-31-28(17)29(37-25(14-26(42)45-4)30-39-38-19(3)41(30)31)21-5-8-23(9-6-21)40-12-11-20-7-10-24(13-22(20)15-40)46-16-27(43)47-32(44)33(34,35)36/h5-10,13,25H,11-12,14-16H2,1-4H3/t25-/m0/s1. The number of carbonyl (C=O) groups is 3. The van der Waals surface area contributed by atoms with Crippen LogP contribution in [0.1, 0.15) is 56.8 Å². The zero-order valence-electron chi connectivity index (χ0n) is 26.4. The summed E-state index contributed by atoms with van der Waals surface area (Å²) in [7, 11) is 1.34. The van der Waals surface area contributed by atoms with E-state index in [9.17, 15) is 27.6 Å². The van der Waals surface area contributed by atoms with Crippen molar-refractivity contribution in [2.75, 3.05) is 25.2 Å². The number of carbonyl (C=O) groups excluding carboxylic acids is 3. The third-order valence-corrected chi connectivity index (χ3v) is 9.51. The molecule has 0 amide bonds. The number of nitrogens with zero attached hydrogens (tertiary/aromatic N) is 5. The van der Waals surface area contributed by atoms with E-state index in [0.717, 1.165) is 62.1 Å². The first-order valence-corrected chi connectivity index (χ1v) is 15.7. The average molecular weight is 682 g/mol. The number of aromatic nitrogens is 3. The Morgan fingerprint density at radius 2 is 1.75 bits per heavy atom. The number of halogens is 3. The molecule has 2 aromatic heterocycles. The topological polar surface area (TPSA) is 125 Å². The number of benzene rings is 2. The van der Waals surface area contributed by atoms with Gasteiger partial charge in [0.25, 0.3) is 0 Å². The van der Waals surface area contributed by atoms with Crippen LogP contribution in [0.25, 0.3) is 5.00 Å². The molecule has 6 rings (SSSR count). The van der Waals surface area contributed by atoms with Crippen molar-refractivity contribution in [2.45, 2.75) is 52.4 Å². The second kappa shape index (κ2) is 12.9. The molecule has 48 heavy (non-hydrogen) atoms. The Morgan fingerprint density at radius 1 is 1.00 bits per heavy atom. The lowest BCUT2D eigenvalue weighted by Gasteiger charge is -2.31. The van der Waals surface area contributed by atoms with Crippen molar-refractivity contribution in [1.29, 1.82) is 0 Å². The number of hydrogen-bond acceptors (Lipinski definition) is 11. The van der Waals surface area contributed by atoms with Crippen LogP contribution in [0, 0.1) is 20.8 Å². The molecule has 0 fully saturated rings. The number of aliphatic imine (C=N–C) groups is 1. The Balaban J connectivity index is 1.23. The van der Waals surface area contributed by atoms with Crippen LogP contribution in [0.3, 0.4) is 0 Å². The molecule has 0 saturated carbocycles. The second-order valence-corrected chi connectivity index (χ2v) is 12.6. The molecule has 2 aromatic carbocycles. The highest BCUT2D eigenvalue weighted by Gasteiger charge is 2.42. The molecule has 4 aromatic rings. The fourth-order valence-corrected chi connectivity index (χ4v) is 6.99. The molecule has 0 saturated heterocycles. The van der Waals surface area contributed by atoms with E-state index in [1.54, 1.807) is 23.5 Å². The van der Waals surface area contributed by atoms with Crippen molar-refractivity contribution < 1.29 is 41.8 Å². The van der Waals surface area contributed by atoms with E-state index >= 15 is 0 Å². The number of fused-ring (bicyclic) bond motifs is 4. The Hall–Kier alpha value is -5.05. The van der Waals surface area contributed by atoms with Crippen LogP contribution in [0.15, 0.2) is 47.5 Å². The van der Waals surface area contributed by atoms with Gasteiger partial charge < -0.3 is 19.1 Å². The molecule has 4 heterocycles. The minimum absolute atomic E-state index is 0.00887. The summed E-state index contributed by atoms with van der Waals surface area (Å²) in [4.78, 5) is 43.4. The van der Waals surface area contributed by atoms with Crippen LogP contribution in [-0.2, 0) is 36.8 Å². The SMILES string of the molecule is COC(=O)C[C@@H]1N=C(c2ccc(N3CCc4ccc(OCC(=O)OC(=O)C(F)(F)F)cc4C3)cc2)c2c(sc(C)c2C)-n2c(C)nnc21. The van der Waals surface area contributed by atoms with E-state index in [4.69, 9.17) is 14.5 Å². The number of anilines is 1. The average Bonchev–Trinajstić information content (AvgIpc) is 3.54. The molecule has 1 atom stereocenters. The molecule has 11 nitrogen and oxygen atoms in total. The molecular formula is C33H30F3N5O6S. The van der Waals surface area contributed by atoms with Gasteiger partial charge in [-0.25, -0.2) is 9.59 Å². The Bertz CT molecular complexity index is 1950. The van der Waals surface area contributed by atoms with Crippen molar-refractivity contribution >= 4 is 40.6 Å². The highest BCUT2D eigenvalue weighted by atomic mass is 32.1. The number of thiophene rings is 1. The van der Waals surface area contributed by atoms with Gasteiger partial charge in [-0.05, 0) is 68.1 Å². The maximum atomic E-state index is 12.4. The first-order valence-electron chi connectivity index (χ1n) is 14.9. The van der Waals surface area contributed by atoms with Crippen LogP contribution < -0.4 is 9.64 Å². The Morgan fingerprint density at radius 3 is 2.46 bits per heavy atom. The Kier molecular flexibility index (Phi) is 8.81. The van der Waals surface area contributed by atoms with Gasteiger partial charge in [-0.1, -0.05) is 18.2 Å². The Labute approximate surface area is 277 Å². The van der Waals surface area contributed by atoms with Crippen LogP contribution in [0.4, 0.5) is 18.9 Å². The number of ether oxygens (including phenoxy) is 3. The van der Waals surface area contributed by atoms with Gasteiger partial charge in [0.15, 0.2) is 12.4 Å². The van der Waals surface area contributed by atoms with E-state index in [1.807, 2.05) is 41.8 Å². The monoisotopic (exact) mass is 681 g/mol. The lowest BCUT2D eigenvalue weighted by molar-refractivity contribution is -0.202. The van der Waals surface area contributed by atoms with E-state index in [2.05, 4.69) is 33.7 Å². The van der Waals surface area contributed by atoms with Gasteiger partial charge in [0.2, 0.25) is 0 Å². The van der Waals surface area contributed by atoms with Crippen molar-refractivity contribution in [3.8, 4) is 10.8 Å². The summed E-state index contributed by atoms with van der Waals surface area (Å²) in [6, 6.07) is 12.6. The largest absolute Gasteiger partial charge is 0.491 e. The minimum Gasteiger partial charge on any atom is -0.482 e. The van der Waals surface area contributed by atoms with Gasteiger partial charge in [0.05, 0.1) is 19.2 Å². The number of hydrogen-bond donors (Lipinski definition) is 0. The van der Waals surface area contributed by atoms with Crippen LogP contribution >= 0.6 is 11.3 Å². The highest BCUT2D eigenvalue weighted by Crippen LogP contribution is 2.40. The second-order valence-electron chi connectivity index (χ2n) is 11.4. The van der Waals surface area contributed by atoms with Crippen molar-refractivity contribution in [1.82, 2.24) is 14.8 Å². The minimum atomic E-state index is -5.27. The molecule has 250 valence electrons. The van der Waals surface area contributed by atoms with Crippen molar-refractivity contribution in [2.24, 2.45) is 4.99 Å². The van der Waals surface area contributed by atoms with Gasteiger partial charge in [-0.15, -0.1) is 21.5 Å². The van der Waals surface area contributed by atoms with Crippen LogP contribution in [0.2, 0.25) is 0 Å². The fraction of sp³-hybridized carbons (Fsp3) is 0.333. The summed E-state index contributed by atoms with van der Waals surface area (Å²) < 4.78 is 53.2. The summed E-state index contributed by atoms with van der Waals surface area (Å²) in [6.07, 6.45) is -4.53. The normalized spacial score (nSPS) is 15.4. The maximum Gasteiger partial charge on any atom is 0.491 e. The van der Waals surface area contributed by atoms with Gasteiger partial charge in [0, 0.05) is 34.8 Å². The molecule has 0 N–H and O–H groups in total. The summed E-state index contributed by atoms with van der Waals surface area (Å²) >= 11 is 1.63. The van der Waals surface area contributed by atoms with E-state index in [-0.39, 0.29) is 12.2 Å². The quantitative estimate of drug-likeness (QED) is 0.189. The molecule has 0 spiro atoms. The third kappa shape index (κ3) is 6.41. The molecule has 15 heteroatoms. The van der Waals surface area contributed by atoms with E-state index in [1.165, 1.54) is 7.11 Å². The smallest absolute Gasteiger partial charge is 0.482 e. The van der Waals surface area contributed by atoms with Crippen molar-refractivity contribution in [3.63, 3.8) is 0 Å². The van der Waals surface area contributed by atoms with Gasteiger partial charge in [-0.3, -0.25) is 14.4 Å². The third-order valence-electron chi connectivity index (χ3n) is 8.32. The highest BCUT2D eigenvalue weighted by molar-refractivity contribution is 7.15. The lowest BCUT2D eigenvalue weighted by Crippen LogP contribution is -2.31. The van der Waals surface area contributed by atoms with E-state index < -0.39 is 36.7 Å². The maximum absolute atomic E-state index is 12.4. The zero-order valence-corrected chi connectivity index (χ0v) is 27.2. The lowest BCUT2D eigenvalue weighted by atomic mass is 9.97. The molecular weight excluding hydrogens is 651 g/mol. The van der Waals surface area contributed by atoms with E-state index in [0.29, 0.717) is 18.2 Å². The molecule has 2 aliphatic rings. The molecule has 0 radical (unpaired) electrons. The number of methoxy groups -OCH3 is 1. The summed E-state index contributed by atoms with van der Waals surface area (Å²) in [5.41, 5.74) is 6.63. The first-order chi connectivity index (χ1) is 22.8. The van der Waals surface area contributed by atoms with Crippen molar-refractivity contribution in [3.05, 3.63) is 86.8 Å². The van der Waals surface area contributed by atoms with Gasteiger partial charge in [0.1, 0.15) is 22.6 Å². The number of aryl methyl sites for hydroxylation is 2. The summed E-state index contributed by atoms with van der Waals surface area (Å²) in [6.45, 7) is 6.40. The summed E-state index contributed by atoms with van der Waals surface area (Å²) in [5, 5.41) is 9.65. The number of rotatable bonds is 7. The number of alkyl halides is 3. The van der Waals surface area contributed by atoms with Crippen LogP contribution in [-0.4, -0.2) is 64.8 Å². The zero-order chi connectivity index (χ0) is 34.3. The van der Waals surface area contributed by atoms with Gasteiger partial charge in [-0.2, -0.15) is 13.2 Å². The molecule has 0 bridgehead atoms. The summed E-state index contributed by atoms with van der Waals surface area (Å²) in [5.74, 6) is -2.89. The predicted molar refractivity (Wildman–Crippen MR) is 169 cm³/mol. The predicted octanol–water partition coefficient (Wildman–Crippen LogP) is 5.28. The number of esters is 3.